The van der Waals surface area contributed by atoms with Crippen LogP contribution in [0.1, 0.15) is 37.6 Å². The van der Waals surface area contributed by atoms with Crippen LogP contribution in [-0.4, -0.2) is 19.6 Å². The molecule has 0 aliphatic heterocycles. The van der Waals surface area contributed by atoms with Crippen LogP contribution in [0.4, 0.5) is 8.78 Å². The fraction of sp³-hybridized carbons (Fsp3) is 0.333. The van der Waals surface area contributed by atoms with E-state index >= 15 is 0 Å². The highest BCUT2D eigenvalue weighted by molar-refractivity contribution is 5.61. The van der Waals surface area contributed by atoms with E-state index in [0.29, 0.717) is 5.69 Å². The van der Waals surface area contributed by atoms with Crippen molar-refractivity contribution in [3.63, 3.8) is 0 Å². The Balaban J connectivity index is 1.74. The van der Waals surface area contributed by atoms with Gasteiger partial charge in [-0.2, -0.15) is 14.0 Å². The number of rotatable bonds is 3. The van der Waals surface area contributed by atoms with Crippen molar-refractivity contribution in [3.05, 3.63) is 48.0 Å². The number of aromatic nitrogens is 4. The molecule has 1 aliphatic rings. The van der Waals surface area contributed by atoms with Gasteiger partial charge in [-0.3, -0.25) is 9.38 Å². The molecule has 126 valence electrons. The van der Waals surface area contributed by atoms with Crippen LogP contribution >= 0.6 is 0 Å². The van der Waals surface area contributed by atoms with Crippen LogP contribution in [-0.2, 0) is 11.3 Å². The first-order valence-corrected chi connectivity index (χ1v) is 8.04. The summed E-state index contributed by atoms with van der Waals surface area (Å²) in [5.74, 6) is -3.51. The first kappa shape index (κ1) is 15.6. The molecule has 0 N–H and O–H groups in total. The zero-order chi connectivity index (χ0) is 17.7. The number of benzene rings is 1. The zero-order valence-corrected chi connectivity index (χ0v) is 13.6. The quantitative estimate of drug-likeness (QED) is 0.727. The van der Waals surface area contributed by atoms with Crippen molar-refractivity contribution in [1.29, 1.82) is 5.26 Å². The Bertz CT molecular complexity index is 975. The normalized spacial score (nSPS) is 16.4. The first-order valence-electron chi connectivity index (χ1n) is 8.04. The summed E-state index contributed by atoms with van der Waals surface area (Å²) < 4.78 is 28.6. The SMILES string of the molecule is CC(F)(F)c1nnc2cnc(-c3ccc(C4(C#N)CCC4)cc3)cn12. The predicted molar refractivity (Wildman–Crippen MR) is 86.9 cm³/mol. The van der Waals surface area contributed by atoms with E-state index in [2.05, 4.69) is 21.3 Å². The van der Waals surface area contributed by atoms with Gasteiger partial charge in [0.05, 0.1) is 23.4 Å². The number of alkyl halides is 2. The maximum atomic E-state index is 13.6. The lowest BCUT2D eigenvalue weighted by Gasteiger charge is -2.35. The Morgan fingerprint density at radius 1 is 1.20 bits per heavy atom. The van der Waals surface area contributed by atoms with E-state index in [1.165, 1.54) is 16.8 Å². The molecule has 5 nitrogen and oxygen atoms in total. The molecule has 0 atom stereocenters. The zero-order valence-electron chi connectivity index (χ0n) is 13.6. The topological polar surface area (TPSA) is 66.9 Å². The molecule has 1 saturated carbocycles. The number of nitrogens with zero attached hydrogens (tertiary/aromatic N) is 5. The minimum Gasteiger partial charge on any atom is -0.278 e. The highest BCUT2D eigenvalue weighted by atomic mass is 19.3. The van der Waals surface area contributed by atoms with Crippen molar-refractivity contribution < 1.29 is 8.78 Å². The minimum atomic E-state index is -3.09. The van der Waals surface area contributed by atoms with Crippen molar-refractivity contribution in [1.82, 2.24) is 19.6 Å². The van der Waals surface area contributed by atoms with E-state index in [4.69, 9.17) is 0 Å². The third-order valence-electron chi connectivity index (χ3n) is 4.84. The monoisotopic (exact) mass is 339 g/mol. The lowest BCUT2D eigenvalue weighted by atomic mass is 9.65. The molecule has 0 radical (unpaired) electrons. The lowest BCUT2D eigenvalue weighted by Crippen LogP contribution is -2.32. The molecule has 25 heavy (non-hydrogen) atoms. The van der Waals surface area contributed by atoms with Gasteiger partial charge >= 0.3 is 5.92 Å². The van der Waals surface area contributed by atoms with Gasteiger partial charge in [0.15, 0.2) is 5.65 Å². The fourth-order valence-corrected chi connectivity index (χ4v) is 3.21. The summed E-state index contributed by atoms with van der Waals surface area (Å²) in [6.07, 6.45) is 5.76. The van der Waals surface area contributed by atoms with Crippen molar-refractivity contribution in [2.24, 2.45) is 0 Å². The van der Waals surface area contributed by atoms with Crippen molar-refractivity contribution in [2.45, 2.75) is 37.5 Å². The average Bonchev–Trinajstić information content (AvgIpc) is 2.98. The molecule has 4 rings (SSSR count). The van der Waals surface area contributed by atoms with Crippen LogP contribution in [0.15, 0.2) is 36.7 Å². The lowest BCUT2D eigenvalue weighted by molar-refractivity contribution is 0.00668. The second-order valence-electron chi connectivity index (χ2n) is 6.54. The van der Waals surface area contributed by atoms with E-state index in [9.17, 15) is 14.0 Å². The van der Waals surface area contributed by atoms with Gasteiger partial charge in [-0.1, -0.05) is 24.3 Å². The van der Waals surface area contributed by atoms with Crippen LogP contribution in [0.2, 0.25) is 0 Å². The second-order valence-corrected chi connectivity index (χ2v) is 6.54. The summed E-state index contributed by atoms with van der Waals surface area (Å²) in [6.45, 7) is 0.790. The summed E-state index contributed by atoms with van der Waals surface area (Å²) in [7, 11) is 0. The van der Waals surface area contributed by atoms with Gasteiger partial charge in [-0.15, -0.1) is 10.2 Å². The summed E-state index contributed by atoms with van der Waals surface area (Å²) >= 11 is 0. The molecule has 0 unspecified atom stereocenters. The third kappa shape index (κ3) is 2.45. The summed E-state index contributed by atoms with van der Waals surface area (Å²) in [5.41, 5.74) is 2.23. The fourth-order valence-electron chi connectivity index (χ4n) is 3.21. The summed E-state index contributed by atoms with van der Waals surface area (Å²) in [6, 6.07) is 10.00. The van der Waals surface area contributed by atoms with Gasteiger partial charge in [0.2, 0.25) is 5.82 Å². The van der Waals surface area contributed by atoms with Gasteiger partial charge < -0.3 is 0 Å². The average molecular weight is 339 g/mol. The Labute approximate surface area is 143 Å². The molecule has 1 aromatic carbocycles. The molecule has 0 amide bonds. The van der Waals surface area contributed by atoms with Crippen LogP contribution < -0.4 is 0 Å². The number of halogens is 2. The van der Waals surface area contributed by atoms with E-state index in [-0.39, 0.29) is 11.1 Å². The molecule has 1 aliphatic carbocycles. The second kappa shape index (κ2) is 5.31. The Kier molecular flexibility index (Phi) is 3.32. The van der Waals surface area contributed by atoms with E-state index in [1.54, 1.807) is 0 Å². The molecule has 2 aromatic heterocycles. The van der Waals surface area contributed by atoms with Gasteiger partial charge in [-0.05, 0) is 24.8 Å². The van der Waals surface area contributed by atoms with Crippen molar-refractivity contribution in [2.75, 3.05) is 0 Å². The van der Waals surface area contributed by atoms with E-state index in [0.717, 1.165) is 37.3 Å². The largest absolute Gasteiger partial charge is 0.304 e. The Morgan fingerprint density at radius 2 is 1.92 bits per heavy atom. The number of hydrogen-bond acceptors (Lipinski definition) is 4. The van der Waals surface area contributed by atoms with Gasteiger partial charge in [0.25, 0.3) is 0 Å². The molecular weight excluding hydrogens is 324 g/mol. The molecule has 0 saturated heterocycles. The number of hydrogen-bond donors (Lipinski definition) is 0. The first-order chi connectivity index (χ1) is 11.9. The highest BCUT2D eigenvalue weighted by Gasteiger charge is 2.38. The van der Waals surface area contributed by atoms with Crippen molar-refractivity contribution in [3.8, 4) is 17.3 Å². The molecule has 0 bridgehead atoms. The highest BCUT2D eigenvalue weighted by Crippen LogP contribution is 2.43. The molecule has 2 heterocycles. The predicted octanol–water partition coefficient (Wildman–Crippen LogP) is 3.85. The van der Waals surface area contributed by atoms with Gasteiger partial charge in [0.1, 0.15) is 0 Å². The number of nitriles is 1. The van der Waals surface area contributed by atoms with E-state index < -0.39 is 11.7 Å². The smallest absolute Gasteiger partial charge is 0.278 e. The molecule has 0 spiro atoms. The Hall–Kier alpha value is -2.88. The summed E-state index contributed by atoms with van der Waals surface area (Å²) in [5, 5.41) is 16.7. The molecule has 1 fully saturated rings. The molecule has 7 heteroatoms. The van der Waals surface area contributed by atoms with Gasteiger partial charge in [-0.25, -0.2) is 0 Å². The summed E-state index contributed by atoms with van der Waals surface area (Å²) in [4.78, 5) is 4.29. The maximum absolute atomic E-state index is 13.6. The molecule has 3 aromatic rings. The third-order valence-corrected chi connectivity index (χ3v) is 4.84. The molecular formula is C18H15F2N5. The number of fused-ring (bicyclic) bond motifs is 1. The van der Waals surface area contributed by atoms with Crippen molar-refractivity contribution >= 4 is 5.65 Å². The Morgan fingerprint density at radius 3 is 2.48 bits per heavy atom. The van der Waals surface area contributed by atoms with Crippen LogP contribution in [0, 0.1) is 11.3 Å². The minimum absolute atomic E-state index is 0.273. The standard InChI is InChI=1S/C18H15F2N5/c1-17(19,20)16-24-23-15-9-22-14(10-25(15)16)12-3-5-13(6-4-12)18(11-21)7-2-8-18/h3-6,9-10H,2,7-8H2,1H3. The maximum Gasteiger partial charge on any atom is 0.304 e. The van der Waals surface area contributed by atoms with Crippen LogP contribution in [0.3, 0.4) is 0 Å². The van der Waals surface area contributed by atoms with E-state index in [1.807, 2.05) is 24.3 Å². The van der Waals surface area contributed by atoms with Crippen LogP contribution in [0.5, 0.6) is 0 Å². The van der Waals surface area contributed by atoms with Crippen LogP contribution in [0.25, 0.3) is 16.9 Å². The van der Waals surface area contributed by atoms with Gasteiger partial charge in [0, 0.05) is 18.7 Å².